The quantitative estimate of drug-likeness (QED) is 0.417. The number of aromatic hydroxyl groups is 1. The van der Waals surface area contributed by atoms with Crippen LogP contribution in [0.1, 0.15) is 60.7 Å². The molecule has 3 aromatic rings. The maximum atomic E-state index is 12.6. The fraction of sp³-hybridized carbons (Fsp3) is 0.444. The number of pyridine rings is 1. The molecule has 2 heterocycles. The minimum Gasteiger partial charge on any atom is -0.494 e. The Balaban J connectivity index is 1.37. The summed E-state index contributed by atoms with van der Waals surface area (Å²) in [5, 5.41) is 20.6. The van der Waals surface area contributed by atoms with Crippen LogP contribution in [-0.2, 0) is 30.6 Å². The SMILES string of the molecule is CCc1ccc(CCOc2ccc(Cc3sc(=O)n(CC4(C(=O)O)CCCCC4)c3O)cc2)nc1. The van der Waals surface area contributed by atoms with Crippen molar-refractivity contribution in [3.8, 4) is 11.6 Å². The predicted molar refractivity (Wildman–Crippen MR) is 135 cm³/mol. The lowest BCUT2D eigenvalue weighted by Gasteiger charge is -2.33. The van der Waals surface area contributed by atoms with Crippen molar-refractivity contribution in [3.05, 3.63) is 74.0 Å². The number of aryl methyl sites for hydroxylation is 1. The van der Waals surface area contributed by atoms with Crippen LogP contribution in [0.2, 0.25) is 0 Å². The number of hydrogen-bond acceptors (Lipinski definition) is 6. The van der Waals surface area contributed by atoms with Crippen molar-refractivity contribution >= 4 is 17.3 Å². The maximum absolute atomic E-state index is 12.6. The summed E-state index contributed by atoms with van der Waals surface area (Å²) < 4.78 is 7.09. The molecule has 1 fully saturated rings. The van der Waals surface area contributed by atoms with E-state index >= 15 is 0 Å². The van der Waals surface area contributed by atoms with Gasteiger partial charge in [0.1, 0.15) is 5.75 Å². The third-order valence-corrected chi connectivity index (χ3v) is 7.84. The number of nitrogens with zero attached hydrogens (tertiary/aromatic N) is 2. The molecule has 0 atom stereocenters. The number of carbonyl (C=O) groups is 1. The highest BCUT2D eigenvalue weighted by atomic mass is 32.1. The summed E-state index contributed by atoms with van der Waals surface area (Å²) in [4.78, 5) is 29.3. The molecule has 0 bridgehead atoms. The second-order valence-corrected chi connectivity index (χ2v) is 10.3. The summed E-state index contributed by atoms with van der Waals surface area (Å²) >= 11 is 0.979. The normalized spacial score (nSPS) is 15.1. The van der Waals surface area contributed by atoms with Crippen LogP contribution in [0.25, 0.3) is 0 Å². The predicted octanol–water partition coefficient (Wildman–Crippen LogP) is 4.82. The minimum absolute atomic E-state index is 0.0201. The fourth-order valence-corrected chi connectivity index (χ4v) is 5.56. The molecule has 8 heteroatoms. The molecule has 0 unspecified atom stereocenters. The number of aromatic nitrogens is 2. The van der Waals surface area contributed by atoms with E-state index in [0.717, 1.165) is 60.4 Å². The molecule has 0 saturated heterocycles. The first-order valence-corrected chi connectivity index (χ1v) is 13.0. The third-order valence-electron chi connectivity index (χ3n) is 6.87. The molecule has 0 amide bonds. The second kappa shape index (κ2) is 11.1. The van der Waals surface area contributed by atoms with Gasteiger partial charge in [0.05, 0.1) is 16.9 Å². The summed E-state index contributed by atoms with van der Waals surface area (Å²) in [5.74, 6) is -0.261. The Bertz CT molecular complexity index is 1190. The van der Waals surface area contributed by atoms with E-state index in [1.165, 1.54) is 10.1 Å². The van der Waals surface area contributed by atoms with Crippen LogP contribution in [0, 0.1) is 5.41 Å². The summed E-state index contributed by atoms with van der Waals surface area (Å²) in [6.45, 7) is 2.65. The highest BCUT2D eigenvalue weighted by molar-refractivity contribution is 7.09. The van der Waals surface area contributed by atoms with Gasteiger partial charge < -0.3 is 14.9 Å². The first-order valence-electron chi connectivity index (χ1n) is 12.2. The first kappa shape index (κ1) is 25.0. The monoisotopic (exact) mass is 496 g/mol. The van der Waals surface area contributed by atoms with Crippen molar-refractivity contribution in [2.24, 2.45) is 5.41 Å². The fourth-order valence-electron chi connectivity index (χ4n) is 4.64. The third kappa shape index (κ3) is 5.93. The number of carboxylic acid groups (broad SMARTS) is 1. The van der Waals surface area contributed by atoms with Gasteiger partial charge in [-0.05, 0) is 48.6 Å². The first-order chi connectivity index (χ1) is 16.9. The zero-order valence-electron chi connectivity index (χ0n) is 20.0. The van der Waals surface area contributed by atoms with E-state index in [0.29, 0.717) is 30.7 Å². The topological polar surface area (TPSA) is 102 Å². The van der Waals surface area contributed by atoms with Crippen LogP contribution in [0.5, 0.6) is 11.6 Å². The Morgan fingerprint density at radius 1 is 1.11 bits per heavy atom. The number of hydrogen-bond donors (Lipinski definition) is 2. The Labute approximate surface area is 209 Å². The molecule has 1 aromatic carbocycles. The molecule has 0 radical (unpaired) electrons. The molecule has 4 rings (SSSR count). The minimum atomic E-state index is -0.982. The maximum Gasteiger partial charge on any atom is 0.311 e. The summed E-state index contributed by atoms with van der Waals surface area (Å²) in [7, 11) is 0. The summed E-state index contributed by atoms with van der Waals surface area (Å²) in [6.07, 6.45) is 7.71. The number of thiazole rings is 1. The molecular weight excluding hydrogens is 464 g/mol. The molecule has 1 aliphatic carbocycles. The van der Waals surface area contributed by atoms with Gasteiger partial charge in [-0.25, -0.2) is 0 Å². The lowest BCUT2D eigenvalue weighted by Crippen LogP contribution is -2.39. The van der Waals surface area contributed by atoms with Crippen LogP contribution in [0.4, 0.5) is 0 Å². The van der Waals surface area contributed by atoms with Gasteiger partial charge in [-0.15, -0.1) is 0 Å². The largest absolute Gasteiger partial charge is 0.494 e. The summed E-state index contributed by atoms with van der Waals surface area (Å²) in [5.41, 5.74) is 2.16. The van der Waals surface area contributed by atoms with Gasteiger partial charge in [0.2, 0.25) is 5.88 Å². The molecule has 2 N–H and O–H groups in total. The Morgan fingerprint density at radius 3 is 2.46 bits per heavy atom. The van der Waals surface area contributed by atoms with E-state index in [2.05, 4.69) is 18.0 Å². The molecule has 35 heavy (non-hydrogen) atoms. The number of rotatable bonds is 10. The van der Waals surface area contributed by atoms with Gasteiger partial charge in [-0.2, -0.15) is 0 Å². The molecule has 0 aliphatic heterocycles. The zero-order chi connectivity index (χ0) is 24.8. The number of ether oxygens (including phenoxy) is 1. The van der Waals surface area contributed by atoms with Crippen molar-refractivity contribution in [3.63, 3.8) is 0 Å². The van der Waals surface area contributed by atoms with Crippen LogP contribution in [0.3, 0.4) is 0 Å². The Kier molecular flexibility index (Phi) is 7.90. The van der Waals surface area contributed by atoms with E-state index < -0.39 is 11.4 Å². The standard InChI is InChI=1S/C27H32N2O5S/c1-2-19-6-9-21(28-17-19)12-15-34-22-10-7-20(8-11-22)16-23-24(30)29(26(33)35-23)18-27(25(31)32)13-4-3-5-14-27/h6-11,17,30H,2-5,12-16,18H2,1H3,(H,31,32). The number of benzene rings is 1. The Morgan fingerprint density at radius 2 is 1.83 bits per heavy atom. The van der Waals surface area contributed by atoms with Crippen molar-refractivity contribution in [2.75, 3.05) is 6.61 Å². The van der Waals surface area contributed by atoms with Crippen molar-refractivity contribution in [1.29, 1.82) is 0 Å². The van der Waals surface area contributed by atoms with Crippen LogP contribution < -0.4 is 9.61 Å². The van der Waals surface area contributed by atoms with Crippen molar-refractivity contribution < 1.29 is 19.7 Å². The smallest absolute Gasteiger partial charge is 0.311 e. The van der Waals surface area contributed by atoms with Crippen molar-refractivity contribution in [2.45, 2.75) is 64.8 Å². The molecule has 2 aromatic heterocycles. The van der Waals surface area contributed by atoms with E-state index in [-0.39, 0.29) is 17.3 Å². The van der Waals surface area contributed by atoms with Gasteiger partial charge in [0, 0.05) is 31.3 Å². The molecule has 186 valence electrons. The van der Waals surface area contributed by atoms with Gasteiger partial charge in [0.15, 0.2) is 0 Å². The molecule has 7 nitrogen and oxygen atoms in total. The second-order valence-electron chi connectivity index (χ2n) is 9.28. The summed E-state index contributed by atoms with van der Waals surface area (Å²) in [6, 6.07) is 11.7. The zero-order valence-corrected chi connectivity index (χ0v) is 20.9. The Hall–Kier alpha value is -3.13. The highest BCUT2D eigenvalue weighted by Gasteiger charge is 2.41. The number of aliphatic carboxylic acids is 1. The van der Waals surface area contributed by atoms with E-state index in [1.807, 2.05) is 36.5 Å². The highest BCUT2D eigenvalue weighted by Crippen LogP contribution is 2.39. The van der Waals surface area contributed by atoms with Crippen LogP contribution in [-0.4, -0.2) is 32.3 Å². The van der Waals surface area contributed by atoms with E-state index in [1.54, 1.807) is 0 Å². The van der Waals surface area contributed by atoms with E-state index in [9.17, 15) is 19.8 Å². The number of carboxylic acids is 1. The van der Waals surface area contributed by atoms with E-state index in [4.69, 9.17) is 4.74 Å². The van der Waals surface area contributed by atoms with Gasteiger partial charge in [0.25, 0.3) is 0 Å². The molecule has 1 aliphatic rings. The van der Waals surface area contributed by atoms with Crippen molar-refractivity contribution in [1.82, 2.24) is 9.55 Å². The average Bonchev–Trinajstić information content (AvgIpc) is 3.13. The molecule has 0 spiro atoms. The average molecular weight is 497 g/mol. The van der Waals surface area contributed by atoms with Gasteiger partial charge in [-0.1, -0.05) is 55.7 Å². The van der Waals surface area contributed by atoms with Crippen LogP contribution in [0.15, 0.2) is 47.4 Å². The van der Waals surface area contributed by atoms with Gasteiger partial charge >= 0.3 is 10.8 Å². The lowest BCUT2D eigenvalue weighted by molar-refractivity contribution is -0.152. The lowest BCUT2D eigenvalue weighted by atomic mass is 9.74. The molecular formula is C27H32N2O5S. The van der Waals surface area contributed by atoms with Crippen LogP contribution >= 0.6 is 11.3 Å². The van der Waals surface area contributed by atoms with Gasteiger partial charge in [-0.3, -0.25) is 19.1 Å². The molecule has 1 saturated carbocycles.